The third-order valence-electron chi connectivity index (χ3n) is 4.31. The highest BCUT2D eigenvalue weighted by atomic mass is 79.9. The molecular formula is C18H19BrO. The molecule has 0 heterocycles. The molecule has 1 fully saturated rings. The van der Waals surface area contributed by atoms with Gasteiger partial charge in [0.15, 0.2) is 0 Å². The highest BCUT2D eigenvalue weighted by molar-refractivity contribution is 9.09. The first-order valence-electron chi connectivity index (χ1n) is 7.07. The fourth-order valence-electron chi connectivity index (χ4n) is 2.85. The van der Waals surface area contributed by atoms with Crippen LogP contribution in [-0.2, 0) is 11.8 Å². The molecular weight excluding hydrogens is 312 g/mol. The van der Waals surface area contributed by atoms with Gasteiger partial charge in [0, 0.05) is 10.2 Å². The molecule has 0 aliphatic heterocycles. The zero-order valence-electron chi connectivity index (χ0n) is 11.7. The van der Waals surface area contributed by atoms with Gasteiger partial charge in [-0.15, -0.1) is 0 Å². The lowest BCUT2D eigenvalue weighted by molar-refractivity contribution is 0.414. The molecule has 1 nitrogen and oxygen atoms in total. The Morgan fingerprint density at radius 3 is 2.25 bits per heavy atom. The monoisotopic (exact) mass is 330 g/mol. The molecule has 0 N–H and O–H groups in total. The Balaban J connectivity index is 1.74. The van der Waals surface area contributed by atoms with Crippen LogP contribution in [0, 0.1) is 0 Å². The number of methoxy groups -OCH3 is 1. The second kappa shape index (κ2) is 5.61. The maximum atomic E-state index is 5.21. The Hall–Kier alpha value is -1.28. The van der Waals surface area contributed by atoms with Crippen molar-refractivity contribution in [2.45, 2.75) is 29.5 Å². The van der Waals surface area contributed by atoms with Crippen molar-refractivity contribution < 1.29 is 4.74 Å². The molecule has 20 heavy (non-hydrogen) atoms. The molecule has 1 aliphatic carbocycles. The highest BCUT2D eigenvalue weighted by Crippen LogP contribution is 2.54. The van der Waals surface area contributed by atoms with Gasteiger partial charge >= 0.3 is 0 Å². The Morgan fingerprint density at radius 2 is 1.70 bits per heavy atom. The molecule has 1 atom stereocenters. The predicted octanol–water partition coefficient (Wildman–Crippen LogP) is 4.73. The second-order valence-electron chi connectivity index (χ2n) is 5.54. The van der Waals surface area contributed by atoms with Crippen LogP contribution in [0.15, 0.2) is 54.6 Å². The lowest BCUT2D eigenvalue weighted by atomic mass is 9.89. The van der Waals surface area contributed by atoms with Gasteiger partial charge in [0.05, 0.1) is 7.11 Å². The lowest BCUT2D eigenvalue weighted by Crippen LogP contribution is -2.22. The van der Waals surface area contributed by atoms with E-state index >= 15 is 0 Å². The topological polar surface area (TPSA) is 9.23 Å². The molecule has 1 saturated carbocycles. The van der Waals surface area contributed by atoms with E-state index in [-0.39, 0.29) is 0 Å². The van der Waals surface area contributed by atoms with E-state index in [2.05, 4.69) is 58.4 Å². The van der Waals surface area contributed by atoms with E-state index < -0.39 is 0 Å². The van der Waals surface area contributed by atoms with Crippen molar-refractivity contribution in [3.05, 3.63) is 65.7 Å². The summed E-state index contributed by atoms with van der Waals surface area (Å²) < 4.78 is 5.21. The molecule has 2 heteroatoms. The third kappa shape index (κ3) is 2.62. The Morgan fingerprint density at radius 1 is 1.05 bits per heavy atom. The average Bonchev–Trinajstić information content (AvgIpc) is 3.31. The van der Waals surface area contributed by atoms with Gasteiger partial charge in [-0.3, -0.25) is 0 Å². The number of rotatable bonds is 5. The second-order valence-corrected chi connectivity index (χ2v) is 6.65. The van der Waals surface area contributed by atoms with Crippen LogP contribution in [0.2, 0.25) is 0 Å². The fraction of sp³-hybridized carbons (Fsp3) is 0.333. The van der Waals surface area contributed by atoms with Crippen molar-refractivity contribution in [2.24, 2.45) is 0 Å². The Bertz CT molecular complexity index is 558. The molecule has 0 saturated heterocycles. The zero-order chi connectivity index (χ0) is 14.0. The molecule has 0 amide bonds. The number of alkyl halides is 1. The quantitative estimate of drug-likeness (QED) is 0.720. The van der Waals surface area contributed by atoms with E-state index in [1.807, 2.05) is 12.1 Å². The minimum atomic E-state index is 0.335. The van der Waals surface area contributed by atoms with Gasteiger partial charge in [-0.1, -0.05) is 58.4 Å². The van der Waals surface area contributed by atoms with Crippen molar-refractivity contribution in [3.8, 4) is 5.75 Å². The van der Waals surface area contributed by atoms with Crippen LogP contribution < -0.4 is 4.74 Å². The largest absolute Gasteiger partial charge is 0.497 e. The SMILES string of the molecule is COc1ccc(CC(Br)C2(c3ccccc3)CC2)cc1. The molecule has 1 unspecified atom stereocenters. The first kappa shape index (κ1) is 13.7. The summed E-state index contributed by atoms with van der Waals surface area (Å²) in [6.45, 7) is 0. The predicted molar refractivity (Wildman–Crippen MR) is 86.8 cm³/mol. The number of hydrogen-bond donors (Lipinski definition) is 0. The maximum absolute atomic E-state index is 5.21. The summed E-state index contributed by atoms with van der Waals surface area (Å²) >= 11 is 3.94. The normalized spacial score (nSPS) is 17.5. The van der Waals surface area contributed by atoms with Crippen molar-refractivity contribution in [3.63, 3.8) is 0 Å². The number of hydrogen-bond acceptors (Lipinski definition) is 1. The van der Waals surface area contributed by atoms with E-state index in [1.54, 1.807) is 7.11 Å². The van der Waals surface area contributed by atoms with Crippen LogP contribution in [0.5, 0.6) is 5.75 Å². The summed E-state index contributed by atoms with van der Waals surface area (Å²) in [5.74, 6) is 0.920. The summed E-state index contributed by atoms with van der Waals surface area (Å²) in [5.41, 5.74) is 3.16. The van der Waals surface area contributed by atoms with E-state index in [0.717, 1.165) is 12.2 Å². The first-order valence-corrected chi connectivity index (χ1v) is 7.99. The lowest BCUT2D eigenvalue weighted by Gasteiger charge is -2.22. The van der Waals surface area contributed by atoms with Crippen molar-refractivity contribution in [1.82, 2.24) is 0 Å². The third-order valence-corrected chi connectivity index (χ3v) is 5.51. The van der Waals surface area contributed by atoms with Crippen LogP contribution in [0.4, 0.5) is 0 Å². The number of halogens is 1. The van der Waals surface area contributed by atoms with Gasteiger partial charge in [0.2, 0.25) is 0 Å². The van der Waals surface area contributed by atoms with Crippen LogP contribution in [0.3, 0.4) is 0 Å². The van der Waals surface area contributed by atoms with Crippen molar-refractivity contribution >= 4 is 15.9 Å². The Kier molecular flexibility index (Phi) is 3.84. The molecule has 0 spiro atoms. The summed E-state index contributed by atoms with van der Waals surface area (Å²) in [7, 11) is 1.71. The van der Waals surface area contributed by atoms with Crippen LogP contribution in [0.25, 0.3) is 0 Å². The van der Waals surface area contributed by atoms with E-state index in [0.29, 0.717) is 10.2 Å². The first-order chi connectivity index (χ1) is 9.74. The molecule has 3 rings (SSSR count). The summed E-state index contributed by atoms with van der Waals surface area (Å²) in [4.78, 5) is 0.491. The fourth-order valence-corrected chi connectivity index (χ4v) is 3.95. The Labute approximate surface area is 129 Å². The molecule has 104 valence electrons. The van der Waals surface area contributed by atoms with Crippen molar-refractivity contribution in [1.29, 1.82) is 0 Å². The maximum Gasteiger partial charge on any atom is 0.118 e. The minimum Gasteiger partial charge on any atom is -0.497 e. The molecule has 2 aromatic carbocycles. The summed E-state index contributed by atoms with van der Waals surface area (Å²) in [5, 5.41) is 0. The van der Waals surface area contributed by atoms with Crippen LogP contribution in [-0.4, -0.2) is 11.9 Å². The van der Waals surface area contributed by atoms with E-state index in [1.165, 1.54) is 24.0 Å². The van der Waals surface area contributed by atoms with Gasteiger partial charge in [0.25, 0.3) is 0 Å². The van der Waals surface area contributed by atoms with Crippen LogP contribution >= 0.6 is 15.9 Å². The molecule has 0 bridgehead atoms. The molecule has 2 aromatic rings. The van der Waals surface area contributed by atoms with Gasteiger partial charge in [-0.25, -0.2) is 0 Å². The van der Waals surface area contributed by atoms with Gasteiger partial charge in [-0.05, 0) is 42.5 Å². The van der Waals surface area contributed by atoms with E-state index in [4.69, 9.17) is 4.74 Å². The van der Waals surface area contributed by atoms with Gasteiger partial charge in [-0.2, -0.15) is 0 Å². The van der Waals surface area contributed by atoms with Gasteiger partial charge < -0.3 is 4.74 Å². The smallest absolute Gasteiger partial charge is 0.118 e. The van der Waals surface area contributed by atoms with E-state index in [9.17, 15) is 0 Å². The molecule has 1 aliphatic rings. The number of benzene rings is 2. The van der Waals surface area contributed by atoms with Crippen molar-refractivity contribution in [2.75, 3.05) is 7.11 Å². The van der Waals surface area contributed by atoms with Crippen LogP contribution in [0.1, 0.15) is 24.0 Å². The standard InChI is InChI=1S/C18H19BrO/c1-20-16-9-7-14(8-10-16)13-17(19)18(11-12-18)15-5-3-2-4-6-15/h2-10,17H,11-13H2,1H3. The van der Waals surface area contributed by atoms with Gasteiger partial charge in [0.1, 0.15) is 5.75 Å². The molecule has 0 radical (unpaired) electrons. The number of ether oxygens (including phenoxy) is 1. The zero-order valence-corrected chi connectivity index (χ0v) is 13.3. The highest BCUT2D eigenvalue weighted by Gasteiger charge is 2.49. The summed E-state index contributed by atoms with van der Waals surface area (Å²) in [6, 6.07) is 19.3. The minimum absolute atomic E-state index is 0.335. The summed E-state index contributed by atoms with van der Waals surface area (Å²) in [6.07, 6.45) is 3.62. The average molecular weight is 331 g/mol. The molecule has 0 aromatic heterocycles.